The van der Waals surface area contributed by atoms with E-state index in [1.54, 1.807) is 42.5 Å². The van der Waals surface area contributed by atoms with Crippen molar-refractivity contribution >= 4 is 23.4 Å². The van der Waals surface area contributed by atoms with Gasteiger partial charge < -0.3 is 19.2 Å². The number of rotatable bonds is 5. The number of ether oxygens (including phenoxy) is 2. The summed E-state index contributed by atoms with van der Waals surface area (Å²) in [5, 5.41) is 23.3. The lowest BCUT2D eigenvalue weighted by atomic mass is 10.1. The van der Waals surface area contributed by atoms with Crippen LogP contribution in [0, 0.1) is 21.4 Å². The van der Waals surface area contributed by atoms with Crippen molar-refractivity contribution in [2.45, 2.75) is 0 Å². The second kappa shape index (κ2) is 8.42. The molecule has 31 heavy (non-hydrogen) atoms. The van der Waals surface area contributed by atoms with Gasteiger partial charge in [-0.15, -0.1) is 0 Å². The van der Waals surface area contributed by atoms with Crippen LogP contribution in [0.15, 0.2) is 64.6 Å². The molecule has 1 aliphatic rings. The highest BCUT2D eigenvalue weighted by molar-refractivity contribution is 6.09. The number of nitrogens with one attached hydrogen (secondary N) is 1. The second-order valence-corrected chi connectivity index (χ2v) is 6.46. The molecule has 3 aromatic rings. The van der Waals surface area contributed by atoms with Gasteiger partial charge in [-0.2, -0.15) is 5.26 Å². The Kier molecular flexibility index (Phi) is 5.36. The first-order chi connectivity index (χ1) is 15.0. The summed E-state index contributed by atoms with van der Waals surface area (Å²) in [6.07, 6.45) is 1.27. The zero-order chi connectivity index (χ0) is 21.8. The van der Waals surface area contributed by atoms with Gasteiger partial charge in [-0.3, -0.25) is 14.9 Å². The summed E-state index contributed by atoms with van der Waals surface area (Å²) in [5.41, 5.74) is 0.435. The van der Waals surface area contributed by atoms with Crippen molar-refractivity contribution < 1.29 is 23.6 Å². The number of carbonyl (C=O) groups excluding carboxylic acids is 1. The molecule has 0 unspecified atom stereocenters. The molecule has 1 amide bonds. The minimum Gasteiger partial charge on any atom is -0.486 e. The van der Waals surface area contributed by atoms with E-state index in [9.17, 15) is 20.2 Å². The Morgan fingerprint density at radius 1 is 1.10 bits per heavy atom. The van der Waals surface area contributed by atoms with Crippen LogP contribution in [0.3, 0.4) is 0 Å². The third-order valence-electron chi connectivity index (χ3n) is 4.44. The predicted molar refractivity (Wildman–Crippen MR) is 110 cm³/mol. The Labute approximate surface area is 176 Å². The van der Waals surface area contributed by atoms with E-state index in [0.29, 0.717) is 36.0 Å². The Balaban J connectivity index is 1.55. The van der Waals surface area contributed by atoms with Gasteiger partial charge in [0.1, 0.15) is 36.4 Å². The van der Waals surface area contributed by atoms with Gasteiger partial charge in [-0.1, -0.05) is 12.1 Å². The quantitative estimate of drug-likeness (QED) is 0.285. The number of nitriles is 1. The maximum Gasteiger partial charge on any atom is 0.280 e. The van der Waals surface area contributed by atoms with Gasteiger partial charge in [0.2, 0.25) is 0 Å². The van der Waals surface area contributed by atoms with E-state index in [4.69, 9.17) is 13.9 Å². The van der Waals surface area contributed by atoms with E-state index in [2.05, 4.69) is 5.32 Å². The molecular weight excluding hydrogens is 402 g/mol. The van der Waals surface area contributed by atoms with Gasteiger partial charge in [0.05, 0.1) is 10.5 Å². The Hall–Kier alpha value is -4.58. The molecule has 0 spiro atoms. The van der Waals surface area contributed by atoms with E-state index >= 15 is 0 Å². The first-order valence-corrected chi connectivity index (χ1v) is 9.21. The molecular formula is C22H15N3O6. The molecule has 0 fully saturated rings. The molecule has 9 nitrogen and oxygen atoms in total. The molecule has 4 rings (SSSR count). The number of nitro groups is 1. The summed E-state index contributed by atoms with van der Waals surface area (Å²) in [4.78, 5) is 23.2. The van der Waals surface area contributed by atoms with Crippen LogP contribution in [-0.4, -0.2) is 24.0 Å². The minimum absolute atomic E-state index is 0.107. The van der Waals surface area contributed by atoms with E-state index < -0.39 is 10.8 Å². The van der Waals surface area contributed by atoms with Crippen LogP contribution in [0.5, 0.6) is 11.5 Å². The molecule has 1 aliphatic heterocycles. The third-order valence-corrected chi connectivity index (χ3v) is 4.44. The maximum atomic E-state index is 12.5. The smallest absolute Gasteiger partial charge is 0.280 e. The largest absolute Gasteiger partial charge is 0.486 e. The molecule has 2 heterocycles. The van der Waals surface area contributed by atoms with Crippen molar-refractivity contribution in [3.63, 3.8) is 0 Å². The number of furan rings is 1. The van der Waals surface area contributed by atoms with Crippen LogP contribution in [0.1, 0.15) is 5.76 Å². The number of hydrogen-bond donors (Lipinski definition) is 1. The van der Waals surface area contributed by atoms with Gasteiger partial charge in [0, 0.05) is 23.9 Å². The summed E-state index contributed by atoms with van der Waals surface area (Å²) >= 11 is 0. The molecule has 0 atom stereocenters. The lowest BCUT2D eigenvalue weighted by molar-refractivity contribution is -0.384. The number of nitrogens with zero attached hydrogens (tertiary/aromatic N) is 2. The van der Waals surface area contributed by atoms with Crippen LogP contribution in [-0.2, 0) is 4.79 Å². The molecule has 154 valence electrons. The van der Waals surface area contributed by atoms with Gasteiger partial charge >= 0.3 is 0 Å². The number of hydrogen-bond acceptors (Lipinski definition) is 7. The number of nitro benzene ring substituents is 1. The van der Waals surface area contributed by atoms with Crippen molar-refractivity contribution in [3.8, 4) is 28.9 Å². The summed E-state index contributed by atoms with van der Waals surface area (Å²) in [7, 11) is 0. The summed E-state index contributed by atoms with van der Waals surface area (Å²) in [6, 6.07) is 16.0. The highest BCUT2D eigenvalue weighted by atomic mass is 16.6. The van der Waals surface area contributed by atoms with Gasteiger partial charge in [-0.05, 0) is 30.3 Å². The van der Waals surface area contributed by atoms with Crippen molar-refractivity contribution in [2.75, 3.05) is 18.5 Å². The second-order valence-electron chi connectivity index (χ2n) is 6.46. The Bertz CT molecular complexity index is 1240. The minimum atomic E-state index is -0.636. The average Bonchev–Trinajstić information content (AvgIpc) is 3.25. The van der Waals surface area contributed by atoms with Crippen LogP contribution in [0.25, 0.3) is 17.4 Å². The maximum absolute atomic E-state index is 12.5. The fourth-order valence-corrected chi connectivity index (χ4v) is 3.03. The zero-order valence-electron chi connectivity index (χ0n) is 16.0. The molecule has 0 bridgehead atoms. The number of fused-ring (bicyclic) bond motifs is 1. The lowest BCUT2D eigenvalue weighted by Crippen LogP contribution is -2.17. The molecule has 0 saturated carbocycles. The van der Waals surface area contributed by atoms with Crippen LogP contribution in [0.2, 0.25) is 0 Å². The fourth-order valence-electron chi connectivity index (χ4n) is 3.03. The van der Waals surface area contributed by atoms with Crippen molar-refractivity contribution in [1.29, 1.82) is 5.26 Å². The normalized spacial score (nSPS) is 12.7. The average molecular weight is 417 g/mol. The molecule has 1 aromatic heterocycles. The van der Waals surface area contributed by atoms with Crippen molar-refractivity contribution in [1.82, 2.24) is 0 Å². The summed E-state index contributed by atoms with van der Waals surface area (Å²) < 4.78 is 16.5. The number of carbonyl (C=O) groups is 1. The molecule has 0 saturated heterocycles. The van der Waals surface area contributed by atoms with E-state index in [0.717, 1.165) is 0 Å². The molecule has 2 aromatic carbocycles. The van der Waals surface area contributed by atoms with Crippen LogP contribution in [0.4, 0.5) is 11.4 Å². The Morgan fingerprint density at radius 3 is 2.65 bits per heavy atom. The highest BCUT2D eigenvalue weighted by Gasteiger charge is 2.18. The van der Waals surface area contributed by atoms with E-state index in [1.807, 2.05) is 6.07 Å². The van der Waals surface area contributed by atoms with Crippen molar-refractivity contribution in [2.24, 2.45) is 0 Å². The van der Waals surface area contributed by atoms with Gasteiger partial charge in [0.15, 0.2) is 11.5 Å². The van der Waals surface area contributed by atoms with Gasteiger partial charge in [0.25, 0.3) is 11.6 Å². The number of anilines is 1. The van der Waals surface area contributed by atoms with E-state index in [1.165, 1.54) is 18.2 Å². The highest BCUT2D eigenvalue weighted by Crippen LogP contribution is 2.33. The van der Waals surface area contributed by atoms with Crippen LogP contribution < -0.4 is 14.8 Å². The Morgan fingerprint density at radius 2 is 1.87 bits per heavy atom. The monoisotopic (exact) mass is 417 g/mol. The molecule has 9 heteroatoms. The standard InChI is InChI=1S/C22H15N3O6/c23-13-14(22(26)24-15-5-7-20-21(12-15)30-10-9-29-20)11-16-6-8-19(31-16)17-3-1-2-4-18(17)25(27)28/h1-8,11-12H,9-10H2,(H,24,26)/b14-11+. The van der Waals surface area contributed by atoms with E-state index in [-0.39, 0.29) is 22.8 Å². The molecule has 1 N–H and O–H groups in total. The van der Waals surface area contributed by atoms with Crippen LogP contribution >= 0.6 is 0 Å². The third kappa shape index (κ3) is 4.23. The predicted octanol–water partition coefficient (Wildman–Crippen LogP) is 4.17. The SMILES string of the molecule is N#C/C(=C\c1ccc(-c2ccccc2[N+](=O)[O-])o1)C(=O)Nc1ccc2c(c1)OCCO2. The first kappa shape index (κ1) is 19.7. The molecule has 0 aliphatic carbocycles. The van der Waals surface area contributed by atoms with Crippen molar-refractivity contribution in [3.05, 3.63) is 76.0 Å². The zero-order valence-corrected chi connectivity index (χ0v) is 16.0. The number of para-hydroxylation sites is 1. The number of amides is 1. The van der Waals surface area contributed by atoms with Gasteiger partial charge in [-0.25, -0.2) is 0 Å². The number of benzene rings is 2. The fraction of sp³-hybridized carbons (Fsp3) is 0.0909. The molecule has 0 radical (unpaired) electrons. The topological polar surface area (TPSA) is 128 Å². The summed E-state index contributed by atoms with van der Waals surface area (Å²) in [6.45, 7) is 0.867. The lowest BCUT2D eigenvalue weighted by Gasteiger charge is -2.18. The summed E-state index contributed by atoms with van der Waals surface area (Å²) in [5.74, 6) is 0.915. The first-order valence-electron chi connectivity index (χ1n) is 9.21.